The van der Waals surface area contributed by atoms with Gasteiger partial charge in [-0.1, -0.05) is 23.7 Å². The van der Waals surface area contributed by atoms with Gasteiger partial charge in [0.1, 0.15) is 0 Å². The third-order valence-corrected chi connectivity index (χ3v) is 6.01. The van der Waals surface area contributed by atoms with Gasteiger partial charge in [0.25, 0.3) is 11.1 Å². The van der Waals surface area contributed by atoms with Gasteiger partial charge in [0.15, 0.2) is 11.5 Å². The van der Waals surface area contributed by atoms with Crippen LogP contribution >= 0.6 is 46.0 Å². The topological polar surface area (TPSA) is 55.8 Å². The average Bonchev–Trinajstić information content (AvgIpc) is 2.94. The molecule has 3 rings (SSSR count). The Labute approximate surface area is 192 Å². The van der Waals surface area contributed by atoms with Crippen molar-refractivity contribution in [1.82, 2.24) is 4.90 Å². The van der Waals surface area contributed by atoms with Crippen molar-refractivity contribution < 1.29 is 19.1 Å². The highest BCUT2D eigenvalue weighted by molar-refractivity contribution is 14.1. The molecule has 0 N–H and O–H groups in total. The number of amides is 2. The molecule has 2 aromatic carbocycles. The van der Waals surface area contributed by atoms with E-state index in [0.717, 1.165) is 26.5 Å². The van der Waals surface area contributed by atoms with Crippen LogP contribution in [0, 0.1) is 3.57 Å². The third kappa shape index (κ3) is 5.26. The van der Waals surface area contributed by atoms with Gasteiger partial charge in [-0.05, 0) is 89.7 Å². The summed E-state index contributed by atoms with van der Waals surface area (Å²) in [6.07, 6.45) is 1.72. The monoisotopic (exact) mass is 543 g/mol. The van der Waals surface area contributed by atoms with Gasteiger partial charge in [0.2, 0.25) is 0 Å². The molecule has 2 amide bonds. The van der Waals surface area contributed by atoms with Crippen LogP contribution in [0.15, 0.2) is 41.3 Å². The fraction of sp³-hybridized carbons (Fsp3) is 0.238. The highest BCUT2D eigenvalue weighted by Gasteiger charge is 2.35. The number of nitrogens with zero attached hydrogens (tertiary/aromatic N) is 1. The Kier molecular flexibility index (Phi) is 7.48. The molecule has 1 aliphatic heterocycles. The maximum absolute atomic E-state index is 12.8. The minimum absolute atomic E-state index is 0.212. The number of carbonyl (C=O) groups is 2. The summed E-state index contributed by atoms with van der Waals surface area (Å²) in [5, 5.41) is 0.319. The van der Waals surface area contributed by atoms with E-state index in [9.17, 15) is 9.59 Å². The van der Waals surface area contributed by atoms with Crippen molar-refractivity contribution in [3.8, 4) is 11.5 Å². The number of carbonyl (C=O) groups excluding carboxylic acids is 2. The Morgan fingerprint density at radius 2 is 1.79 bits per heavy atom. The number of imide groups is 1. The molecule has 1 aliphatic rings. The van der Waals surface area contributed by atoms with Crippen molar-refractivity contribution in [1.29, 1.82) is 0 Å². The number of hydrogen-bond donors (Lipinski definition) is 0. The fourth-order valence-electron chi connectivity index (χ4n) is 2.78. The van der Waals surface area contributed by atoms with E-state index in [0.29, 0.717) is 34.6 Å². The standard InChI is InChI=1S/C21H19ClINO4S/c1-3-27-17-10-14(9-16(23)19(17)28-4-2)11-18-20(25)24(21(26)29-18)12-13-5-7-15(22)8-6-13/h5-11H,3-4,12H2,1-2H3/b18-11-. The molecular formula is C21H19ClINO4S. The van der Waals surface area contributed by atoms with Crippen LogP contribution in [0.1, 0.15) is 25.0 Å². The molecule has 1 heterocycles. The van der Waals surface area contributed by atoms with E-state index in [1.165, 1.54) is 4.90 Å². The SMILES string of the molecule is CCOc1cc(/C=C2\SC(=O)N(Cc3ccc(Cl)cc3)C2=O)cc(I)c1OCC. The first-order chi connectivity index (χ1) is 13.9. The third-order valence-electron chi connectivity index (χ3n) is 4.05. The first-order valence-corrected chi connectivity index (χ1v) is 11.3. The largest absolute Gasteiger partial charge is 0.490 e. The Bertz CT molecular complexity index is 962. The van der Waals surface area contributed by atoms with Crippen LogP contribution in [-0.2, 0) is 11.3 Å². The number of hydrogen-bond acceptors (Lipinski definition) is 5. The van der Waals surface area contributed by atoms with Gasteiger partial charge in [-0.25, -0.2) is 0 Å². The maximum atomic E-state index is 12.8. The number of halogens is 2. The smallest absolute Gasteiger partial charge is 0.293 e. The molecule has 0 bridgehead atoms. The normalized spacial score (nSPS) is 15.3. The molecule has 0 spiro atoms. The summed E-state index contributed by atoms with van der Waals surface area (Å²) in [4.78, 5) is 26.8. The summed E-state index contributed by atoms with van der Waals surface area (Å²) in [7, 11) is 0. The van der Waals surface area contributed by atoms with Crippen molar-refractivity contribution in [2.75, 3.05) is 13.2 Å². The number of thioether (sulfide) groups is 1. The summed E-state index contributed by atoms with van der Waals surface area (Å²) >= 11 is 9.01. The highest BCUT2D eigenvalue weighted by atomic mass is 127. The van der Waals surface area contributed by atoms with Gasteiger partial charge in [-0.15, -0.1) is 0 Å². The van der Waals surface area contributed by atoms with Crippen molar-refractivity contribution in [2.24, 2.45) is 0 Å². The minimum atomic E-state index is -0.309. The summed E-state index contributed by atoms with van der Waals surface area (Å²) in [5.74, 6) is 0.993. The van der Waals surface area contributed by atoms with Gasteiger partial charge >= 0.3 is 0 Å². The lowest BCUT2D eigenvalue weighted by Crippen LogP contribution is -2.27. The van der Waals surface area contributed by atoms with Crippen LogP contribution in [0.5, 0.6) is 11.5 Å². The van der Waals surface area contributed by atoms with E-state index in [2.05, 4.69) is 22.6 Å². The first-order valence-electron chi connectivity index (χ1n) is 9.01. The van der Waals surface area contributed by atoms with Gasteiger partial charge < -0.3 is 9.47 Å². The number of ether oxygens (including phenoxy) is 2. The molecule has 0 atom stereocenters. The van der Waals surface area contributed by atoms with Gasteiger partial charge in [0, 0.05) is 5.02 Å². The molecule has 0 radical (unpaired) electrons. The Hall–Kier alpha value is -1.71. The van der Waals surface area contributed by atoms with Crippen LogP contribution in [0.4, 0.5) is 4.79 Å². The zero-order chi connectivity index (χ0) is 21.0. The second-order valence-corrected chi connectivity index (χ2v) is 8.68. The number of rotatable bonds is 7. The lowest BCUT2D eigenvalue weighted by Gasteiger charge is -2.14. The molecule has 5 nitrogen and oxygen atoms in total. The Morgan fingerprint density at radius 3 is 2.45 bits per heavy atom. The van der Waals surface area contributed by atoms with Gasteiger partial charge in [0.05, 0.1) is 28.2 Å². The van der Waals surface area contributed by atoms with Crippen LogP contribution < -0.4 is 9.47 Å². The molecule has 8 heteroatoms. The van der Waals surface area contributed by atoms with E-state index in [4.69, 9.17) is 21.1 Å². The van der Waals surface area contributed by atoms with E-state index in [1.807, 2.05) is 26.0 Å². The molecular weight excluding hydrogens is 525 g/mol. The van der Waals surface area contributed by atoms with Crippen LogP contribution in [0.3, 0.4) is 0 Å². The van der Waals surface area contributed by atoms with Crippen molar-refractivity contribution in [2.45, 2.75) is 20.4 Å². The van der Waals surface area contributed by atoms with Gasteiger partial charge in [-0.3, -0.25) is 14.5 Å². The fourth-order valence-corrected chi connectivity index (χ4v) is 4.52. The highest BCUT2D eigenvalue weighted by Crippen LogP contribution is 2.37. The molecule has 0 unspecified atom stereocenters. The summed E-state index contributed by atoms with van der Waals surface area (Å²) < 4.78 is 12.2. The van der Waals surface area contributed by atoms with Crippen LogP contribution in [0.2, 0.25) is 5.02 Å². The molecule has 2 aromatic rings. The molecule has 0 saturated carbocycles. The van der Waals surface area contributed by atoms with E-state index < -0.39 is 0 Å². The predicted octanol–water partition coefficient (Wildman–Crippen LogP) is 5.98. The molecule has 1 fully saturated rings. The molecule has 152 valence electrons. The van der Waals surface area contributed by atoms with Crippen LogP contribution in [0.25, 0.3) is 6.08 Å². The lowest BCUT2D eigenvalue weighted by molar-refractivity contribution is -0.123. The molecule has 0 aromatic heterocycles. The Morgan fingerprint density at radius 1 is 1.10 bits per heavy atom. The van der Waals surface area contributed by atoms with E-state index in [-0.39, 0.29) is 17.7 Å². The minimum Gasteiger partial charge on any atom is -0.490 e. The second kappa shape index (κ2) is 9.86. The van der Waals surface area contributed by atoms with Crippen molar-refractivity contribution in [3.63, 3.8) is 0 Å². The zero-order valence-corrected chi connectivity index (χ0v) is 19.6. The molecule has 29 heavy (non-hydrogen) atoms. The van der Waals surface area contributed by atoms with Gasteiger partial charge in [-0.2, -0.15) is 0 Å². The summed E-state index contributed by atoms with van der Waals surface area (Å²) in [6, 6.07) is 10.8. The predicted molar refractivity (Wildman–Crippen MR) is 124 cm³/mol. The Balaban J connectivity index is 1.86. The van der Waals surface area contributed by atoms with E-state index in [1.54, 1.807) is 30.3 Å². The second-order valence-electron chi connectivity index (χ2n) is 6.09. The van der Waals surface area contributed by atoms with Crippen molar-refractivity contribution in [3.05, 3.63) is 61.0 Å². The summed E-state index contributed by atoms with van der Waals surface area (Å²) in [6.45, 7) is 5.05. The van der Waals surface area contributed by atoms with Crippen LogP contribution in [-0.4, -0.2) is 29.3 Å². The summed E-state index contributed by atoms with van der Waals surface area (Å²) in [5.41, 5.74) is 1.62. The zero-order valence-electron chi connectivity index (χ0n) is 15.9. The maximum Gasteiger partial charge on any atom is 0.293 e. The quantitative estimate of drug-likeness (QED) is 0.318. The number of benzene rings is 2. The molecule has 0 aliphatic carbocycles. The lowest BCUT2D eigenvalue weighted by atomic mass is 10.1. The van der Waals surface area contributed by atoms with Crippen molar-refractivity contribution >= 4 is 63.2 Å². The molecule has 1 saturated heterocycles. The first kappa shape index (κ1) is 22.0. The average molecular weight is 544 g/mol. The van der Waals surface area contributed by atoms with E-state index >= 15 is 0 Å².